The van der Waals surface area contributed by atoms with Gasteiger partial charge in [0.25, 0.3) is 0 Å². The number of amides is 3. The Bertz CT molecular complexity index is 830. The van der Waals surface area contributed by atoms with Gasteiger partial charge in [0.15, 0.2) is 0 Å². The molecule has 2 N–H and O–H groups in total. The number of carbonyl (C=O) groups is 3. The maximum atomic E-state index is 14.1. The molecule has 0 bridgehead atoms. The normalized spacial score (nSPS) is 14.1. The van der Waals surface area contributed by atoms with Crippen LogP contribution in [-0.4, -0.2) is 47.0 Å². The molecule has 0 saturated carbocycles. The minimum atomic E-state index is -0.809. The number of carbonyl (C=O) groups excluding carboxylic acids is 3. The molecule has 0 fully saturated rings. The fourth-order valence-electron chi connectivity index (χ4n) is 3.97. The number of aryl methyl sites for hydroxylation is 1. The number of rotatable bonds is 13. The smallest absolute Gasteiger partial charge is 0.408 e. The third kappa shape index (κ3) is 10.2. The molecule has 0 aromatic heterocycles. The van der Waals surface area contributed by atoms with E-state index in [-0.39, 0.29) is 23.8 Å². The summed E-state index contributed by atoms with van der Waals surface area (Å²) in [5, 5.41) is 5.82. The molecule has 7 nitrogen and oxygen atoms in total. The van der Waals surface area contributed by atoms with Gasteiger partial charge in [-0.15, -0.1) is 0 Å². The van der Waals surface area contributed by atoms with Crippen molar-refractivity contribution < 1.29 is 19.1 Å². The number of benzene rings is 1. The fourth-order valence-corrected chi connectivity index (χ4v) is 3.97. The molecule has 0 aliphatic heterocycles. The number of hydrogen-bond donors (Lipinski definition) is 2. The van der Waals surface area contributed by atoms with Gasteiger partial charge < -0.3 is 20.3 Å². The number of ether oxygens (including phenoxy) is 1. The number of nitrogens with one attached hydrogen (secondary N) is 2. The third-order valence-electron chi connectivity index (χ3n) is 6.13. The summed E-state index contributed by atoms with van der Waals surface area (Å²) in [6, 6.07) is 6.19. The summed E-state index contributed by atoms with van der Waals surface area (Å²) in [6.07, 6.45) is 3.62. The highest BCUT2D eigenvalue weighted by molar-refractivity contribution is 5.92. The van der Waals surface area contributed by atoms with Gasteiger partial charge in [0.05, 0.1) is 0 Å². The molecule has 3 unspecified atom stereocenters. The first-order chi connectivity index (χ1) is 16.8. The zero-order valence-corrected chi connectivity index (χ0v) is 23.9. The van der Waals surface area contributed by atoms with E-state index in [4.69, 9.17) is 4.74 Å². The fraction of sp³-hybridized carbons (Fsp3) is 0.690. The molecular formula is C29H49N3O4. The highest BCUT2D eigenvalue weighted by atomic mass is 16.6. The van der Waals surface area contributed by atoms with Crippen molar-refractivity contribution in [2.75, 3.05) is 6.54 Å². The zero-order chi connectivity index (χ0) is 27.5. The van der Waals surface area contributed by atoms with E-state index in [1.54, 1.807) is 25.7 Å². The summed E-state index contributed by atoms with van der Waals surface area (Å²) in [5.41, 5.74) is 1.24. The Morgan fingerprint density at radius 1 is 0.944 bits per heavy atom. The topological polar surface area (TPSA) is 87.7 Å². The Morgan fingerprint density at radius 3 is 2.03 bits per heavy atom. The number of nitrogens with zero attached hydrogens (tertiary/aromatic N) is 1. The second kappa shape index (κ2) is 14.9. The third-order valence-corrected chi connectivity index (χ3v) is 6.13. The lowest BCUT2D eigenvalue weighted by Gasteiger charge is -2.36. The van der Waals surface area contributed by atoms with Crippen molar-refractivity contribution in [3.05, 3.63) is 35.4 Å². The van der Waals surface area contributed by atoms with Crippen LogP contribution in [0, 0.1) is 5.92 Å². The molecule has 0 spiro atoms. The van der Waals surface area contributed by atoms with Gasteiger partial charge in [-0.25, -0.2) is 4.79 Å². The van der Waals surface area contributed by atoms with Crippen molar-refractivity contribution in [1.82, 2.24) is 15.5 Å². The van der Waals surface area contributed by atoms with Crippen molar-refractivity contribution >= 4 is 17.9 Å². The van der Waals surface area contributed by atoms with Crippen LogP contribution in [0.1, 0.15) is 105 Å². The summed E-state index contributed by atoms with van der Waals surface area (Å²) in [4.78, 5) is 42.0. The molecule has 204 valence electrons. The van der Waals surface area contributed by atoms with Gasteiger partial charge in [0.1, 0.15) is 17.7 Å². The molecule has 36 heavy (non-hydrogen) atoms. The molecule has 3 amide bonds. The van der Waals surface area contributed by atoms with Crippen LogP contribution in [0.5, 0.6) is 0 Å². The minimum absolute atomic E-state index is 0.0761. The average Bonchev–Trinajstić information content (AvgIpc) is 2.79. The van der Waals surface area contributed by atoms with Crippen LogP contribution in [0.3, 0.4) is 0 Å². The first-order valence-electron chi connectivity index (χ1n) is 13.5. The van der Waals surface area contributed by atoms with Crippen molar-refractivity contribution in [2.45, 2.75) is 118 Å². The van der Waals surface area contributed by atoms with Gasteiger partial charge in [-0.05, 0) is 64.5 Å². The first-order valence-corrected chi connectivity index (χ1v) is 13.5. The van der Waals surface area contributed by atoms with E-state index in [0.29, 0.717) is 13.0 Å². The van der Waals surface area contributed by atoms with Gasteiger partial charge in [0.2, 0.25) is 11.8 Å². The molecule has 0 heterocycles. The van der Waals surface area contributed by atoms with E-state index >= 15 is 0 Å². The Balaban J connectivity index is 3.50. The standard InChI is InChI=1S/C29H49N3O4/c1-10-13-14-19-32(27(34)24(21(6)11-2)31-28(35)36-29(7,8)9)25(26(33)30-20(4)5)23-17-15-22(12-3)16-18-23/h15-18,20-21,24-25H,10-14,19H2,1-9H3,(H,30,33)(H,31,35). The van der Waals surface area contributed by atoms with E-state index in [1.165, 1.54) is 0 Å². The number of unbranched alkanes of at least 4 members (excludes halogenated alkanes) is 2. The number of alkyl carbamates (subject to hydrolysis) is 1. The maximum absolute atomic E-state index is 14.1. The van der Waals surface area contributed by atoms with E-state index in [9.17, 15) is 14.4 Å². The van der Waals surface area contributed by atoms with Gasteiger partial charge in [0, 0.05) is 12.6 Å². The van der Waals surface area contributed by atoms with Crippen LogP contribution in [0.15, 0.2) is 24.3 Å². The van der Waals surface area contributed by atoms with Crippen LogP contribution in [0.4, 0.5) is 4.79 Å². The molecule has 0 saturated heterocycles. The lowest BCUT2D eigenvalue weighted by Crippen LogP contribution is -2.55. The number of hydrogen-bond acceptors (Lipinski definition) is 4. The highest BCUT2D eigenvalue weighted by Crippen LogP contribution is 2.26. The molecule has 1 rings (SSSR count). The van der Waals surface area contributed by atoms with E-state index in [0.717, 1.165) is 36.8 Å². The summed E-state index contributed by atoms with van der Waals surface area (Å²) in [6.45, 7) is 17.7. The van der Waals surface area contributed by atoms with Gasteiger partial charge >= 0.3 is 6.09 Å². The van der Waals surface area contributed by atoms with Crippen LogP contribution >= 0.6 is 0 Å². The van der Waals surface area contributed by atoms with E-state index < -0.39 is 23.8 Å². The maximum Gasteiger partial charge on any atom is 0.408 e. The van der Waals surface area contributed by atoms with E-state index in [1.807, 2.05) is 52.0 Å². The molecule has 3 atom stereocenters. The second-order valence-corrected chi connectivity index (χ2v) is 10.9. The van der Waals surface area contributed by atoms with Crippen LogP contribution in [0.2, 0.25) is 0 Å². The van der Waals surface area contributed by atoms with Gasteiger partial charge in [-0.1, -0.05) is 71.2 Å². The van der Waals surface area contributed by atoms with Crippen LogP contribution in [-0.2, 0) is 20.7 Å². The molecule has 1 aromatic carbocycles. The molecule has 0 aliphatic carbocycles. The van der Waals surface area contributed by atoms with Crippen molar-refractivity contribution in [3.8, 4) is 0 Å². The summed E-state index contributed by atoms with van der Waals surface area (Å²) < 4.78 is 5.46. The molecule has 0 aliphatic rings. The Morgan fingerprint density at radius 2 is 1.56 bits per heavy atom. The van der Waals surface area contributed by atoms with Crippen LogP contribution < -0.4 is 10.6 Å². The monoisotopic (exact) mass is 503 g/mol. The van der Waals surface area contributed by atoms with Crippen molar-refractivity contribution in [1.29, 1.82) is 0 Å². The lowest BCUT2D eigenvalue weighted by molar-refractivity contribution is -0.143. The van der Waals surface area contributed by atoms with Crippen LogP contribution in [0.25, 0.3) is 0 Å². The lowest BCUT2D eigenvalue weighted by atomic mass is 9.95. The summed E-state index contributed by atoms with van der Waals surface area (Å²) >= 11 is 0. The van der Waals surface area contributed by atoms with Crippen molar-refractivity contribution in [3.63, 3.8) is 0 Å². The SMILES string of the molecule is CCCCCN(C(=O)C(NC(=O)OC(C)(C)C)C(C)CC)C(C(=O)NC(C)C)c1ccc(CC)cc1. The molecule has 1 aromatic rings. The van der Waals surface area contributed by atoms with Gasteiger partial charge in [-0.2, -0.15) is 0 Å². The quantitative estimate of drug-likeness (QED) is 0.334. The average molecular weight is 504 g/mol. The molecule has 7 heteroatoms. The Labute approximate surface area is 218 Å². The first kappa shape index (κ1) is 31.5. The Hall–Kier alpha value is -2.57. The Kier molecular flexibility index (Phi) is 13.0. The largest absolute Gasteiger partial charge is 0.444 e. The second-order valence-electron chi connectivity index (χ2n) is 10.9. The van der Waals surface area contributed by atoms with E-state index in [2.05, 4.69) is 24.5 Å². The molecular weight excluding hydrogens is 454 g/mol. The van der Waals surface area contributed by atoms with Gasteiger partial charge in [-0.3, -0.25) is 9.59 Å². The predicted octanol–water partition coefficient (Wildman–Crippen LogP) is 5.77. The summed E-state index contributed by atoms with van der Waals surface area (Å²) in [5.74, 6) is -0.635. The minimum Gasteiger partial charge on any atom is -0.444 e. The van der Waals surface area contributed by atoms with Crippen molar-refractivity contribution in [2.24, 2.45) is 5.92 Å². The zero-order valence-electron chi connectivity index (χ0n) is 23.9. The highest BCUT2D eigenvalue weighted by Gasteiger charge is 2.38. The summed E-state index contributed by atoms with van der Waals surface area (Å²) in [7, 11) is 0. The molecule has 0 radical (unpaired) electrons. The predicted molar refractivity (Wildman–Crippen MR) is 146 cm³/mol.